The highest BCUT2D eigenvalue weighted by atomic mass is 35.5. The zero-order chi connectivity index (χ0) is 15.2. The second-order valence-electron chi connectivity index (χ2n) is 4.11. The molecule has 4 nitrogen and oxygen atoms in total. The first-order valence-electron chi connectivity index (χ1n) is 6.03. The standard InChI is InChI=1S/C15H11ClFNO3/c16-12-8-11(17)6-7-13(12)18-14(19)9-21-15(20)10-4-2-1-3-5-10/h1-8H,9H2,(H,18,19). The zero-order valence-electron chi connectivity index (χ0n) is 10.8. The van der Waals surface area contributed by atoms with Gasteiger partial charge >= 0.3 is 5.97 Å². The summed E-state index contributed by atoms with van der Waals surface area (Å²) in [6, 6.07) is 11.9. The van der Waals surface area contributed by atoms with Gasteiger partial charge in [-0.2, -0.15) is 0 Å². The van der Waals surface area contributed by atoms with Gasteiger partial charge in [-0.25, -0.2) is 9.18 Å². The molecular weight excluding hydrogens is 297 g/mol. The van der Waals surface area contributed by atoms with Crippen LogP contribution in [0.4, 0.5) is 10.1 Å². The minimum atomic E-state index is -0.601. The highest BCUT2D eigenvalue weighted by Crippen LogP contribution is 2.22. The van der Waals surface area contributed by atoms with Crippen molar-refractivity contribution in [2.24, 2.45) is 0 Å². The smallest absolute Gasteiger partial charge is 0.338 e. The third kappa shape index (κ3) is 4.29. The van der Waals surface area contributed by atoms with E-state index in [0.717, 1.165) is 12.1 Å². The lowest BCUT2D eigenvalue weighted by Gasteiger charge is -2.08. The van der Waals surface area contributed by atoms with Gasteiger partial charge in [0.2, 0.25) is 0 Å². The van der Waals surface area contributed by atoms with Crippen LogP contribution in [0.5, 0.6) is 0 Å². The van der Waals surface area contributed by atoms with Crippen LogP contribution in [0.1, 0.15) is 10.4 Å². The maximum absolute atomic E-state index is 12.9. The Balaban J connectivity index is 1.89. The number of hydrogen-bond acceptors (Lipinski definition) is 3. The van der Waals surface area contributed by atoms with E-state index in [1.54, 1.807) is 30.3 Å². The maximum atomic E-state index is 12.9. The number of esters is 1. The Kier molecular flexibility index (Phi) is 4.90. The summed E-state index contributed by atoms with van der Waals surface area (Å²) >= 11 is 5.77. The molecule has 21 heavy (non-hydrogen) atoms. The first-order valence-corrected chi connectivity index (χ1v) is 6.41. The topological polar surface area (TPSA) is 55.4 Å². The second kappa shape index (κ2) is 6.85. The predicted octanol–water partition coefficient (Wildman–Crippen LogP) is 3.27. The van der Waals surface area contributed by atoms with Gasteiger partial charge in [-0.15, -0.1) is 0 Å². The number of anilines is 1. The van der Waals surface area contributed by atoms with Crippen LogP contribution in [0.25, 0.3) is 0 Å². The van der Waals surface area contributed by atoms with Crippen LogP contribution in [0.15, 0.2) is 48.5 Å². The molecule has 0 fully saturated rings. The molecule has 0 aliphatic carbocycles. The molecule has 0 bridgehead atoms. The first kappa shape index (κ1) is 15.0. The van der Waals surface area contributed by atoms with E-state index in [1.807, 2.05) is 0 Å². The molecule has 2 aromatic carbocycles. The van der Waals surface area contributed by atoms with Gasteiger partial charge in [0.25, 0.3) is 5.91 Å². The molecule has 0 aliphatic rings. The average Bonchev–Trinajstić information content (AvgIpc) is 2.48. The SMILES string of the molecule is O=C(COC(=O)c1ccccc1)Nc1ccc(F)cc1Cl. The third-order valence-electron chi connectivity index (χ3n) is 2.55. The van der Waals surface area contributed by atoms with E-state index in [1.165, 1.54) is 6.07 Å². The van der Waals surface area contributed by atoms with E-state index in [0.29, 0.717) is 5.56 Å². The van der Waals surface area contributed by atoms with Gasteiger partial charge in [0.05, 0.1) is 16.3 Å². The number of carbonyl (C=O) groups excluding carboxylic acids is 2. The summed E-state index contributed by atoms with van der Waals surface area (Å²) in [6.45, 7) is -0.457. The predicted molar refractivity (Wildman–Crippen MR) is 76.8 cm³/mol. The summed E-state index contributed by atoms with van der Waals surface area (Å²) in [5.41, 5.74) is 0.601. The normalized spacial score (nSPS) is 10.0. The van der Waals surface area contributed by atoms with Gasteiger partial charge in [-0.05, 0) is 30.3 Å². The molecule has 1 N–H and O–H groups in total. The number of benzene rings is 2. The molecule has 0 spiro atoms. The fourth-order valence-corrected chi connectivity index (χ4v) is 1.78. The number of hydrogen-bond donors (Lipinski definition) is 1. The lowest BCUT2D eigenvalue weighted by Crippen LogP contribution is -2.21. The number of nitrogens with one attached hydrogen (secondary N) is 1. The number of ether oxygens (including phenoxy) is 1. The molecule has 0 heterocycles. The highest BCUT2D eigenvalue weighted by molar-refractivity contribution is 6.33. The van der Waals surface area contributed by atoms with E-state index in [4.69, 9.17) is 16.3 Å². The Morgan fingerprint density at radius 2 is 1.86 bits per heavy atom. The van der Waals surface area contributed by atoms with Crippen molar-refractivity contribution in [1.82, 2.24) is 0 Å². The Bertz CT molecular complexity index is 661. The van der Waals surface area contributed by atoms with E-state index in [9.17, 15) is 14.0 Å². The molecule has 0 aliphatic heterocycles. The molecule has 0 saturated carbocycles. The number of rotatable bonds is 4. The van der Waals surface area contributed by atoms with Gasteiger partial charge in [0.1, 0.15) is 5.82 Å². The van der Waals surface area contributed by atoms with Crippen LogP contribution in [-0.4, -0.2) is 18.5 Å². The molecule has 2 rings (SSSR count). The summed E-state index contributed by atoms with van der Waals surface area (Å²) in [5.74, 6) is -1.67. The van der Waals surface area contributed by atoms with Crippen molar-refractivity contribution in [2.45, 2.75) is 0 Å². The van der Waals surface area contributed by atoms with Gasteiger partial charge in [0.15, 0.2) is 6.61 Å². The molecule has 0 radical (unpaired) electrons. The average molecular weight is 308 g/mol. The van der Waals surface area contributed by atoms with Crippen LogP contribution >= 0.6 is 11.6 Å². The van der Waals surface area contributed by atoms with Crippen molar-refractivity contribution in [2.75, 3.05) is 11.9 Å². The molecular formula is C15H11ClFNO3. The largest absolute Gasteiger partial charge is 0.452 e. The number of carbonyl (C=O) groups is 2. The Labute approximate surface area is 125 Å². The van der Waals surface area contributed by atoms with Crippen LogP contribution in [0.2, 0.25) is 5.02 Å². The first-order chi connectivity index (χ1) is 10.1. The third-order valence-corrected chi connectivity index (χ3v) is 2.86. The fraction of sp³-hybridized carbons (Fsp3) is 0.0667. The Hall–Kier alpha value is -2.40. The maximum Gasteiger partial charge on any atom is 0.338 e. The van der Waals surface area contributed by atoms with Crippen LogP contribution in [-0.2, 0) is 9.53 Å². The monoisotopic (exact) mass is 307 g/mol. The van der Waals surface area contributed by atoms with Crippen molar-refractivity contribution in [3.63, 3.8) is 0 Å². The summed E-state index contributed by atoms with van der Waals surface area (Å²) in [5, 5.41) is 2.50. The molecule has 1 amide bonds. The highest BCUT2D eigenvalue weighted by Gasteiger charge is 2.11. The van der Waals surface area contributed by atoms with Crippen molar-refractivity contribution >= 4 is 29.2 Å². The summed E-state index contributed by atoms with van der Waals surface area (Å²) in [7, 11) is 0. The Morgan fingerprint density at radius 1 is 1.14 bits per heavy atom. The molecule has 6 heteroatoms. The van der Waals surface area contributed by atoms with Gasteiger partial charge in [-0.3, -0.25) is 4.79 Å². The fourth-order valence-electron chi connectivity index (χ4n) is 1.57. The Morgan fingerprint density at radius 3 is 2.52 bits per heavy atom. The summed E-state index contributed by atoms with van der Waals surface area (Å²) < 4.78 is 17.7. The van der Waals surface area contributed by atoms with Crippen molar-refractivity contribution in [1.29, 1.82) is 0 Å². The lowest BCUT2D eigenvalue weighted by molar-refractivity contribution is -0.119. The minimum Gasteiger partial charge on any atom is -0.452 e. The summed E-state index contributed by atoms with van der Waals surface area (Å²) in [4.78, 5) is 23.3. The number of halogens is 2. The number of amides is 1. The molecule has 0 unspecified atom stereocenters. The lowest BCUT2D eigenvalue weighted by atomic mass is 10.2. The molecule has 0 aromatic heterocycles. The van der Waals surface area contributed by atoms with Crippen molar-refractivity contribution < 1.29 is 18.7 Å². The van der Waals surface area contributed by atoms with Crippen LogP contribution < -0.4 is 5.32 Å². The van der Waals surface area contributed by atoms with Crippen LogP contribution in [0.3, 0.4) is 0 Å². The zero-order valence-corrected chi connectivity index (χ0v) is 11.6. The van der Waals surface area contributed by atoms with E-state index < -0.39 is 24.3 Å². The van der Waals surface area contributed by atoms with E-state index >= 15 is 0 Å². The van der Waals surface area contributed by atoms with Gasteiger partial charge in [0, 0.05) is 0 Å². The van der Waals surface area contributed by atoms with E-state index in [-0.39, 0.29) is 10.7 Å². The van der Waals surface area contributed by atoms with Crippen molar-refractivity contribution in [3.8, 4) is 0 Å². The molecule has 0 atom stereocenters. The minimum absolute atomic E-state index is 0.0673. The van der Waals surface area contributed by atoms with Crippen LogP contribution in [0, 0.1) is 5.82 Å². The molecule has 108 valence electrons. The van der Waals surface area contributed by atoms with Gasteiger partial charge < -0.3 is 10.1 Å². The van der Waals surface area contributed by atoms with E-state index in [2.05, 4.69) is 5.32 Å². The van der Waals surface area contributed by atoms with Crippen molar-refractivity contribution in [3.05, 3.63) is 64.9 Å². The second-order valence-corrected chi connectivity index (χ2v) is 4.52. The summed E-state index contributed by atoms with van der Waals surface area (Å²) in [6.07, 6.45) is 0. The quantitative estimate of drug-likeness (QED) is 0.882. The van der Waals surface area contributed by atoms with Gasteiger partial charge in [-0.1, -0.05) is 29.8 Å². The molecule has 2 aromatic rings. The molecule has 0 saturated heterocycles.